The fourth-order valence-electron chi connectivity index (χ4n) is 1.85. The van der Waals surface area contributed by atoms with Crippen molar-refractivity contribution in [1.82, 2.24) is 10.3 Å². The average Bonchev–Trinajstić information content (AvgIpc) is 3.20. The molecule has 1 saturated carbocycles. The van der Waals surface area contributed by atoms with Crippen molar-refractivity contribution in [3.8, 4) is 11.3 Å². The van der Waals surface area contributed by atoms with Gasteiger partial charge >= 0.3 is 0 Å². The van der Waals surface area contributed by atoms with Gasteiger partial charge in [0.25, 0.3) is 0 Å². The number of halogens is 5. The summed E-state index contributed by atoms with van der Waals surface area (Å²) in [5, 5.41) is 3.05. The molecule has 0 atom stereocenters. The fraction of sp³-hybridized carbons (Fsp3) is 0.308. The molecule has 1 aliphatic carbocycles. The largest absolute Gasteiger partial charge is 0.439 e. The number of nitrogens with zero attached hydrogens (tertiary/aromatic N) is 1. The van der Waals surface area contributed by atoms with Crippen molar-refractivity contribution in [3.63, 3.8) is 0 Å². The minimum Gasteiger partial charge on any atom is -0.439 e. The minimum atomic E-state index is -2.20. The molecular weight excluding hydrogens is 295 g/mol. The second kappa shape index (κ2) is 5.10. The Morgan fingerprint density at radius 2 is 1.57 bits per heavy atom. The van der Waals surface area contributed by atoms with Gasteiger partial charge in [-0.15, -0.1) is 0 Å². The van der Waals surface area contributed by atoms with Crippen molar-refractivity contribution in [2.45, 2.75) is 25.4 Å². The lowest BCUT2D eigenvalue weighted by Gasteiger charge is -2.05. The Hall–Kier alpha value is -1.96. The number of hydrogen-bond acceptors (Lipinski definition) is 3. The Kier molecular flexibility index (Phi) is 3.40. The molecule has 0 saturated heterocycles. The van der Waals surface area contributed by atoms with Crippen LogP contribution < -0.4 is 5.32 Å². The van der Waals surface area contributed by atoms with Gasteiger partial charge in [0, 0.05) is 6.04 Å². The van der Waals surface area contributed by atoms with E-state index in [1.807, 2.05) is 0 Å². The van der Waals surface area contributed by atoms with Crippen molar-refractivity contribution in [1.29, 1.82) is 0 Å². The van der Waals surface area contributed by atoms with Crippen LogP contribution in [0.3, 0.4) is 0 Å². The number of benzene rings is 1. The molecule has 2 aromatic rings. The first-order valence-electron chi connectivity index (χ1n) is 6.19. The molecular formula is C13H9F5N2O. The van der Waals surface area contributed by atoms with Gasteiger partial charge in [-0.3, -0.25) is 0 Å². The standard InChI is InChI=1S/C13H9F5N2O/c14-9-8(10(15)12(17)13(18)11(9)16)6-3-20-7(21-6)4-19-5-1-2-5/h3,5,19H,1-2,4H2. The molecule has 3 nitrogen and oxygen atoms in total. The number of oxazole rings is 1. The number of aromatic nitrogens is 1. The lowest BCUT2D eigenvalue weighted by atomic mass is 10.1. The highest BCUT2D eigenvalue weighted by atomic mass is 19.2. The second-order valence-electron chi connectivity index (χ2n) is 4.72. The van der Waals surface area contributed by atoms with Gasteiger partial charge in [-0.1, -0.05) is 0 Å². The molecule has 0 unspecified atom stereocenters. The monoisotopic (exact) mass is 304 g/mol. The van der Waals surface area contributed by atoms with Gasteiger partial charge < -0.3 is 9.73 Å². The predicted octanol–water partition coefficient (Wildman–Crippen LogP) is 3.29. The summed E-state index contributed by atoms with van der Waals surface area (Å²) in [4.78, 5) is 3.76. The molecule has 8 heteroatoms. The van der Waals surface area contributed by atoms with Crippen LogP contribution in [0.4, 0.5) is 22.0 Å². The molecule has 1 N–H and O–H groups in total. The third kappa shape index (κ3) is 2.51. The minimum absolute atomic E-state index is 0.112. The quantitative estimate of drug-likeness (QED) is 0.535. The molecule has 1 fully saturated rings. The van der Waals surface area contributed by atoms with Gasteiger partial charge in [0.05, 0.1) is 18.3 Å². The average molecular weight is 304 g/mol. The molecule has 21 heavy (non-hydrogen) atoms. The van der Waals surface area contributed by atoms with Crippen LogP contribution in [0, 0.1) is 29.1 Å². The van der Waals surface area contributed by atoms with E-state index < -0.39 is 40.4 Å². The maximum Gasteiger partial charge on any atom is 0.208 e. The van der Waals surface area contributed by atoms with Crippen LogP contribution in [0.25, 0.3) is 11.3 Å². The first-order valence-corrected chi connectivity index (χ1v) is 6.19. The zero-order valence-corrected chi connectivity index (χ0v) is 10.5. The van der Waals surface area contributed by atoms with Crippen LogP contribution in [0.5, 0.6) is 0 Å². The third-order valence-corrected chi connectivity index (χ3v) is 3.13. The van der Waals surface area contributed by atoms with Crippen LogP contribution in [0.15, 0.2) is 10.6 Å². The van der Waals surface area contributed by atoms with Gasteiger partial charge in [-0.25, -0.2) is 26.9 Å². The highest BCUT2D eigenvalue weighted by Gasteiger charge is 2.29. The zero-order chi connectivity index (χ0) is 15.1. The summed E-state index contributed by atoms with van der Waals surface area (Å²) in [5.74, 6) is -10.5. The number of rotatable bonds is 4. The fourth-order valence-corrected chi connectivity index (χ4v) is 1.85. The van der Waals surface area contributed by atoms with E-state index in [0.29, 0.717) is 6.04 Å². The van der Waals surface area contributed by atoms with E-state index in [1.54, 1.807) is 0 Å². The maximum atomic E-state index is 13.6. The molecule has 1 aromatic carbocycles. The van der Waals surface area contributed by atoms with Crippen LogP contribution in [-0.2, 0) is 6.54 Å². The number of hydrogen-bond donors (Lipinski definition) is 1. The zero-order valence-electron chi connectivity index (χ0n) is 10.5. The molecule has 0 bridgehead atoms. The first kappa shape index (κ1) is 14.0. The molecule has 1 aliphatic rings. The topological polar surface area (TPSA) is 38.1 Å². The van der Waals surface area contributed by atoms with E-state index in [-0.39, 0.29) is 12.4 Å². The molecule has 1 aromatic heterocycles. The number of nitrogens with one attached hydrogen (secondary N) is 1. The van der Waals surface area contributed by atoms with Gasteiger partial charge in [0.2, 0.25) is 11.7 Å². The van der Waals surface area contributed by atoms with Gasteiger partial charge in [-0.2, -0.15) is 0 Å². The van der Waals surface area contributed by atoms with E-state index in [1.165, 1.54) is 0 Å². The van der Waals surface area contributed by atoms with Crippen LogP contribution in [-0.4, -0.2) is 11.0 Å². The van der Waals surface area contributed by atoms with Gasteiger partial charge in [0.1, 0.15) is 0 Å². The van der Waals surface area contributed by atoms with E-state index in [2.05, 4.69) is 10.3 Å². The second-order valence-corrected chi connectivity index (χ2v) is 4.72. The highest BCUT2D eigenvalue weighted by Crippen LogP contribution is 2.32. The molecule has 0 amide bonds. The molecule has 0 radical (unpaired) electrons. The Morgan fingerprint density at radius 1 is 1.00 bits per heavy atom. The molecule has 0 spiro atoms. The van der Waals surface area contributed by atoms with Crippen molar-refractivity contribution in [2.75, 3.05) is 0 Å². The third-order valence-electron chi connectivity index (χ3n) is 3.13. The summed E-state index contributed by atoms with van der Waals surface area (Å²) >= 11 is 0. The lowest BCUT2D eigenvalue weighted by Crippen LogP contribution is -2.15. The highest BCUT2D eigenvalue weighted by molar-refractivity contribution is 5.58. The van der Waals surface area contributed by atoms with Crippen LogP contribution in [0.1, 0.15) is 18.7 Å². The Balaban J connectivity index is 1.96. The van der Waals surface area contributed by atoms with E-state index in [4.69, 9.17) is 4.42 Å². The molecule has 3 rings (SSSR count). The van der Waals surface area contributed by atoms with Crippen molar-refractivity contribution in [3.05, 3.63) is 41.2 Å². The van der Waals surface area contributed by atoms with Gasteiger partial charge in [-0.05, 0) is 12.8 Å². The summed E-state index contributed by atoms with van der Waals surface area (Å²) in [5.41, 5.74) is -1.11. The van der Waals surface area contributed by atoms with Crippen LogP contribution in [0.2, 0.25) is 0 Å². The summed E-state index contributed by atoms with van der Waals surface area (Å²) in [6, 6.07) is 0.356. The normalized spacial score (nSPS) is 14.7. The van der Waals surface area contributed by atoms with Crippen molar-refractivity contribution < 1.29 is 26.4 Å². The van der Waals surface area contributed by atoms with Crippen LogP contribution >= 0.6 is 0 Å². The van der Waals surface area contributed by atoms with E-state index in [0.717, 1.165) is 19.0 Å². The smallest absolute Gasteiger partial charge is 0.208 e. The van der Waals surface area contributed by atoms with Crippen molar-refractivity contribution in [2.24, 2.45) is 0 Å². The lowest BCUT2D eigenvalue weighted by molar-refractivity contribution is 0.377. The molecule has 1 heterocycles. The first-order chi connectivity index (χ1) is 9.99. The van der Waals surface area contributed by atoms with Crippen molar-refractivity contribution >= 4 is 0 Å². The summed E-state index contributed by atoms with van der Waals surface area (Å²) in [6.45, 7) is 0.222. The molecule has 0 aliphatic heterocycles. The van der Waals surface area contributed by atoms with E-state index in [9.17, 15) is 22.0 Å². The van der Waals surface area contributed by atoms with E-state index >= 15 is 0 Å². The summed E-state index contributed by atoms with van der Waals surface area (Å²) in [6.07, 6.45) is 2.97. The summed E-state index contributed by atoms with van der Waals surface area (Å²) < 4.78 is 71.4. The SMILES string of the molecule is Fc1c(F)c(F)c(-c2cnc(CNC3CC3)o2)c(F)c1F. The summed E-state index contributed by atoms with van der Waals surface area (Å²) in [7, 11) is 0. The maximum absolute atomic E-state index is 13.6. The molecule has 112 valence electrons. The Labute approximate surface area is 115 Å². The van der Waals surface area contributed by atoms with Gasteiger partial charge in [0.15, 0.2) is 29.0 Å². The Morgan fingerprint density at radius 3 is 2.14 bits per heavy atom. The Bertz CT molecular complexity index is 667. The predicted molar refractivity (Wildman–Crippen MR) is 61.6 cm³/mol.